The van der Waals surface area contributed by atoms with Crippen molar-refractivity contribution in [1.82, 2.24) is 15.5 Å². The summed E-state index contributed by atoms with van der Waals surface area (Å²) >= 11 is 0. The molecule has 0 aliphatic carbocycles. The zero-order valence-corrected chi connectivity index (χ0v) is 12.4. The van der Waals surface area contributed by atoms with Gasteiger partial charge in [0, 0.05) is 32.0 Å². The molecule has 1 aliphatic heterocycles. The number of urea groups is 1. The molecule has 0 bridgehead atoms. The maximum absolute atomic E-state index is 11.7. The van der Waals surface area contributed by atoms with Gasteiger partial charge in [-0.25, -0.2) is 4.79 Å². The highest BCUT2D eigenvalue weighted by Gasteiger charge is 2.34. The average molecular weight is 283 g/mol. The topological polar surface area (TPSA) is 78.5 Å². The molecule has 0 aromatic rings. The third-order valence-electron chi connectivity index (χ3n) is 3.38. The highest BCUT2D eigenvalue weighted by Crippen LogP contribution is 2.18. The summed E-state index contributed by atoms with van der Waals surface area (Å²) in [4.78, 5) is 35.9. The second kappa shape index (κ2) is 8.55. The molecule has 1 saturated heterocycles. The zero-order chi connectivity index (χ0) is 15.0. The fraction of sp³-hybridized carbons (Fsp3) is 0.786. The van der Waals surface area contributed by atoms with Crippen LogP contribution < -0.4 is 10.6 Å². The first-order valence-corrected chi connectivity index (χ1v) is 7.42. The molecule has 0 radical (unpaired) electrons. The van der Waals surface area contributed by atoms with Crippen LogP contribution in [0.1, 0.15) is 46.0 Å². The third-order valence-corrected chi connectivity index (χ3v) is 3.38. The molecule has 1 rings (SSSR count). The Labute approximate surface area is 120 Å². The maximum atomic E-state index is 11.7. The number of nitrogens with one attached hydrogen (secondary N) is 2. The average Bonchev–Trinajstić information content (AvgIpc) is 2.65. The Bertz CT molecular complexity index is 358. The van der Waals surface area contributed by atoms with Crippen LogP contribution >= 0.6 is 0 Å². The largest absolute Gasteiger partial charge is 0.338 e. The molecule has 1 aliphatic rings. The first-order valence-electron chi connectivity index (χ1n) is 7.42. The first-order chi connectivity index (χ1) is 9.56. The van der Waals surface area contributed by atoms with E-state index in [0.29, 0.717) is 32.5 Å². The summed E-state index contributed by atoms with van der Waals surface area (Å²) in [5, 5.41) is 5.50. The molecule has 114 valence electrons. The number of unbranched alkanes of at least 4 members (excludes halogenated alkanes) is 2. The summed E-state index contributed by atoms with van der Waals surface area (Å²) in [6.45, 7) is 5.41. The molecule has 2 N–H and O–H groups in total. The zero-order valence-electron chi connectivity index (χ0n) is 12.4. The van der Waals surface area contributed by atoms with E-state index in [2.05, 4.69) is 17.6 Å². The highest BCUT2D eigenvalue weighted by atomic mass is 16.2. The summed E-state index contributed by atoms with van der Waals surface area (Å²) in [5.41, 5.74) is 0. The van der Waals surface area contributed by atoms with E-state index in [1.54, 1.807) is 6.92 Å². The van der Waals surface area contributed by atoms with Gasteiger partial charge in [-0.2, -0.15) is 0 Å². The molecule has 4 amide bonds. The molecule has 1 unspecified atom stereocenters. The van der Waals surface area contributed by atoms with E-state index in [4.69, 9.17) is 0 Å². The Kier molecular flexibility index (Phi) is 7.04. The van der Waals surface area contributed by atoms with Gasteiger partial charge < -0.3 is 10.6 Å². The summed E-state index contributed by atoms with van der Waals surface area (Å²) in [5.74, 6) is -0.400. The number of amides is 4. The van der Waals surface area contributed by atoms with Crippen LogP contribution in [0.25, 0.3) is 0 Å². The normalized spacial score (nSPS) is 18.5. The predicted molar refractivity (Wildman–Crippen MR) is 76.0 cm³/mol. The first kappa shape index (κ1) is 16.5. The van der Waals surface area contributed by atoms with Gasteiger partial charge in [0.15, 0.2) is 0 Å². The summed E-state index contributed by atoms with van der Waals surface area (Å²) in [6, 6.07) is -0.187. The molecule has 20 heavy (non-hydrogen) atoms. The van der Waals surface area contributed by atoms with Crippen LogP contribution in [0.3, 0.4) is 0 Å². The quantitative estimate of drug-likeness (QED) is 0.520. The van der Waals surface area contributed by atoms with E-state index in [1.807, 2.05) is 0 Å². The second-order valence-electron chi connectivity index (χ2n) is 5.23. The predicted octanol–water partition coefficient (Wildman–Crippen LogP) is 1.26. The summed E-state index contributed by atoms with van der Waals surface area (Å²) < 4.78 is 0. The van der Waals surface area contributed by atoms with Crippen molar-refractivity contribution in [3.8, 4) is 0 Å². The molecule has 1 fully saturated rings. The number of likely N-dealkylation sites (tertiary alicyclic amines) is 1. The van der Waals surface area contributed by atoms with E-state index < -0.39 is 0 Å². The van der Waals surface area contributed by atoms with Crippen LogP contribution in [0.2, 0.25) is 0 Å². The Morgan fingerprint density at radius 2 is 1.85 bits per heavy atom. The van der Waals surface area contributed by atoms with E-state index in [1.165, 1.54) is 4.90 Å². The van der Waals surface area contributed by atoms with Crippen molar-refractivity contribution in [1.29, 1.82) is 0 Å². The minimum Gasteiger partial charge on any atom is -0.338 e. The molecule has 6 nitrogen and oxygen atoms in total. The van der Waals surface area contributed by atoms with Crippen LogP contribution in [0.5, 0.6) is 0 Å². The summed E-state index contributed by atoms with van der Waals surface area (Å²) in [6.07, 6.45) is 4.12. The monoisotopic (exact) mass is 283 g/mol. The fourth-order valence-electron chi connectivity index (χ4n) is 2.16. The second-order valence-corrected chi connectivity index (χ2v) is 5.23. The Morgan fingerprint density at radius 3 is 2.40 bits per heavy atom. The van der Waals surface area contributed by atoms with Gasteiger partial charge in [-0.1, -0.05) is 26.7 Å². The van der Waals surface area contributed by atoms with Gasteiger partial charge >= 0.3 is 6.03 Å². The fourth-order valence-corrected chi connectivity index (χ4v) is 2.16. The lowest BCUT2D eigenvalue weighted by Gasteiger charge is -2.14. The number of nitrogens with zero attached hydrogens (tertiary/aromatic N) is 1. The Hall–Kier alpha value is -1.59. The minimum absolute atomic E-state index is 0.0981. The van der Waals surface area contributed by atoms with Crippen LogP contribution in [0.4, 0.5) is 4.79 Å². The van der Waals surface area contributed by atoms with Gasteiger partial charge in [0.05, 0.1) is 0 Å². The van der Waals surface area contributed by atoms with Crippen molar-refractivity contribution in [3.63, 3.8) is 0 Å². The molecule has 0 aromatic heterocycles. The van der Waals surface area contributed by atoms with Crippen molar-refractivity contribution in [3.05, 3.63) is 0 Å². The van der Waals surface area contributed by atoms with Crippen LogP contribution in [-0.2, 0) is 9.59 Å². The number of carbonyl (C=O) groups excluding carboxylic acids is 3. The van der Waals surface area contributed by atoms with Gasteiger partial charge in [0.1, 0.15) is 0 Å². The number of carbonyl (C=O) groups is 3. The Morgan fingerprint density at radius 1 is 1.20 bits per heavy atom. The van der Waals surface area contributed by atoms with Crippen LogP contribution in [-0.4, -0.2) is 42.4 Å². The molecule has 0 saturated carbocycles. The number of hydrogen-bond acceptors (Lipinski definition) is 3. The van der Waals surface area contributed by atoms with Gasteiger partial charge in [-0.05, 0) is 12.8 Å². The van der Waals surface area contributed by atoms with Crippen molar-refractivity contribution in [2.45, 2.75) is 46.0 Å². The number of rotatable bonds is 8. The van der Waals surface area contributed by atoms with Crippen LogP contribution in [0, 0.1) is 5.92 Å². The van der Waals surface area contributed by atoms with Crippen molar-refractivity contribution in [2.75, 3.05) is 19.6 Å². The van der Waals surface area contributed by atoms with Crippen LogP contribution in [0.15, 0.2) is 0 Å². The van der Waals surface area contributed by atoms with E-state index in [0.717, 1.165) is 19.3 Å². The standard InChI is InChI=1S/C14H25N3O3/c1-3-4-5-7-15-14(20)16-8-6-9-17-12(18)10-11(2)13(17)19/h11H,3-10H2,1-2H3,(H2,15,16,20). The number of hydrogen-bond donors (Lipinski definition) is 2. The lowest BCUT2D eigenvalue weighted by Crippen LogP contribution is -2.38. The molecule has 0 spiro atoms. The molecular formula is C14H25N3O3. The minimum atomic E-state index is -0.197. The van der Waals surface area contributed by atoms with Crippen molar-refractivity contribution >= 4 is 17.8 Å². The Balaban J connectivity index is 2.08. The van der Waals surface area contributed by atoms with Gasteiger partial charge in [0.2, 0.25) is 11.8 Å². The lowest BCUT2D eigenvalue weighted by molar-refractivity contribution is -0.139. The summed E-state index contributed by atoms with van der Waals surface area (Å²) in [7, 11) is 0. The molecule has 0 aromatic carbocycles. The van der Waals surface area contributed by atoms with Gasteiger partial charge in [-0.15, -0.1) is 0 Å². The highest BCUT2D eigenvalue weighted by molar-refractivity contribution is 6.03. The van der Waals surface area contributed by atoms with Gasteiger partial charge in [-0.3, -0.25) is 14.5 Å². The molecule has 6 heteroatoms. The van der Waals surface area contributed by atoms with E-state index in [-0.39, 0.29) is 23.8 Å². The third kappa shape index (κ3) is 5.19. The van der Waals surface area contributed by atoms with Crippen molar-refractivity contribution < 1.29 is 14.4 Å². The van der Waals surface area contributed by atoms with E-state index in [9.17, 15) is 14.4 Å². The van der Waals surface area contributed by atoms with E-state index >= 15 is 0 Å². The SMILES string of the molecule is CCCCCNC(=O)NCCCN1C(=O)CC(C)C1=O. The molecule has 1 heterocycles. The molecular weight excluding hydrogens is 258 g/mol. The van der Waals surface area contributed by atoms with Gasteiger partial charge in [0.25, 0.3) is 0 Å². The molecule has 1 atom stereocenters. The van der Waals surface area contributed by atoms with Crippen molar-refractivity contribution in [2.24, 2.45) is 5.92 Å². The smallest absolute Gasteiger partial charge is 0.314 e. The lowest BCUT2D eigenvalue weighted by atomic mass is 10.1. The maximum Gasteiger partial charge on any atom is 0.314 e. The number of imide groups is 1.